The van der Waals surface area contributed by atoms with Crippen LogP contribution in [-0.4, -0.2) is 56.1 Å². The lowest BCUT2D eigenvalue weighted by atomic mass is 9.90. The molecule has 3 heteroatoms. The third-order valence-electron chi connectivity index (χ3n) is 5.27. The molecule has 0 aromatic heterocycles. The molecule has 0 aliphatic carbocycles. The number of rotatable bonds is 4. The minimum atomic E-state index is 0.204. The Kier molecular flexibility index (Phi) is 4.63. The normalized spacial score (nSPS) is 28.1. The molecule has 1 N–H and O–H groups in total. The molecule has 2 heterocycles. The van der Waals surface area contributed by atoms with Gasteiger partial charge in [0.25, 0.3) is 0 Å². The van der Waals surface area contributed by atoms with E-state index in [-0.39, 0.29) is 5.54 Å². The van der Waals surface area contributed by atoms with Crippen molar-refractivity contribution >= 4 is 0 Å². The van der Waals surface area contributed by atoms with E-state index >= 15 is 0 Å². The number of likely N-dealkylation sites (N-methyl/N-ethyl adjacent to an activating group) is 1. The fourth-order valence-electron chi connectivity index (χ4n) is 3.54. The molecule has 1 atom stereocenters. The van der Waals surface area contributed by atoms with Gasteiger partial charge in [0, 0.05) is 38.3 Å². The molecule has 1 aromatic carbocycles. The molecule has 0 bridgehead atoms. The third kappa shape index (κ3) is 3.65. The average molecular weight is 287 g/mol. The summed E-state index contributed by atoms with van der Waals surface area (Å²) in [5.74, 6) is 0. The zero-order chi connectivity index (χ0) is 14.7. The zero-order valence-electron chi connectivity index (χ0n) is 13.6. The van der Waals surface area contributed by atoms with Crippen LogP contribution in [0.15, 0.2) is 24.3 Å². The van der Waals surface area contributed by atoms with E-state index in [2.05, 4.69) is 53.4 Å². The SMILES string of the molecule is CN1CCN(CCc2ccc(C3(C)CCCN3)cc2)CC1. The molecule has 2 saturated heterocycles. The van der Waals surface area contributed by atoms with Crippen LogP contribution in [0.3, 0.4) is 0 Å². The maximum atomic E-state index is 3.64. The van der Waals surface area contributed by atoms with Crippen molar-refractivity contribution in [3.05, 3.63) is 35.4 Å². The highest BCUT2D eigenvalue weighted by Gasteiger charge is 2.29. The van der Waals surface area contributed by atoms with Crippen LogP contribution in [0, 0.1) is 0 Å². The average Bonchev–Trinajstić information content (AvgIpc) is 2.95. The quantitative estimate of drug-likeness (QED) is 0.914. The Hall–Kier alpha value is -0.900. The number of piperazine rings is 1. The third-order valence-corrected chi connectivity index (χ3v) is 5.27. The predicted molar refractivity (Wildman–Crippen MR) is 88.7 cm³/mol. The van der Waals surface area contributed by atoms with E-state index in [4.69, 9.17) is 0 Å². The van der Waals surface area contributed by atoms with Gasteiger partial charge in [-0.15, -0.1) is 0 Å². The van der Waals surface area contributed by atoms with Crippen molar-refractivity contribution in [1.82, 2.24) is 15.1 Å². The molecule has 0 radical (unpaired) electrons. The van der Waals surface area contributed by atoms with Gasteiger partial charge in [-0.2, -0.15) is 0 Å². The second-order valence-corrected chi connectivity index (χ2v) is 6.95. The van der Waals surface area contributed by atoms with Crippen molar-refractivity contribution in [2.24, 2.45) is 0 Å². The Bertz CT molecular complexity index is 440. The zero-order valence-corrected chi connectivity index (χ0v) is 13.6. The maximum absolute atomic E-state index is 3.64. The Morgan fingerprint density at radius 1 is 1.10 bits per heavy atom. The van der Waals surface area contributed by atoms with Crippen molar-refractivity contribution in [2.75, 3.05) is 46.3 Å². The van der Waals surface area contributed by atoms with Gasteiger partial charge in [-0.05, 0) is 50.9 Å². The lowest BCUT2D eigenvalue weighted by molar-refractivity contribution is 0.155. The first-order valence-corrected chi connectivity index (χ1v) is 8.41. The molecule has 0 spiro atoms. The smallest absolute Gasteiger partial charge is 0.0406 e. The van der Waals surface area contributed by atoms with Gasteiger partial charge in [0.1, 0.15) is 0 Å². The predicted octanol–water partition coefficient (Wildman–Crippen LogP) is 2.08. The summed E-state index contributed by atoms with van der Waals surface area (Å²) >= 11 is 0. The van der Waals surface area contributed by atoms with E-state index in [1.807, 2.05) is 0 Å². The summed E-state index contributed by atoms with van der Waals surface area (Å²) in [6.07, 6.45) is 3.73. The van der Waals surface area contributed by atoms with E-state index in [0.717, 1.165) is 6.54 Å². The van der Waals surface area contributed by atoms with Crippen LogP contribution in [-0.2, 0) is 12.0 Å². The summed E-state index contributed by atoms with van der Waals surface area (Å²) in [5.41, 5.74) is 3.12. The number of hydrogen-bond donors (Lipinski definition) is 1. The number of nitrogens with zero attached hydrogens (tertiary/aromatic N) is 2. The molecule has 21 heavy (non-hydrogen) atoms. The molecule has 116 valence electrons. The number of benzene rings is 1. The summed E-state index contributed by atoms with van der Waals surface area (Å²) in [6, 6.07) is 9.32. The van der Waals surface area contributed by atoms with Gasteiger partial charge >= 0.3 is 0 Å². The van der Waals surface area contributed by atoms with Gasteiger partial charge in [-0.1, -0.05) is 24.3 Å². The molecule has 1 aromatic rings. The van der Waals surface area contributed by atoms with E-state index in [9.17, 15) is 0 Å². The highest BCUT2D eigenvalue weighted by atomic mass is 15.2. The summed E-state index contributed by atoms with van der Waals surface area (Å²) < 4.78 is 0. The van der Waals surface area contributed by atoms with Crippen LogP contribution >= 0.6 is 0 Å². The van der Waals surface area contributed by atoms with Crippen LogP contribution in [0.2, 0.25) is 0 Å². The van der Waals surface area contributed by atoms with Gasteiger partial charge in [-0.25, -0.2) is 0 Å². The van der Waals surface area contributed by atoms with Crippen LogP contribution < -0.4 is 5.32 Å². The highest BCUT2D eigenvalue weighted by Crippen LogP contribution is 2.30. The van der Waals surface area contributed by atoms with Crippen LogP contribution in [0.5, 0.6) is 0 Å². The van der Waals surface area contributed by atoms with Gasteiger partial charge in [0.05, 0.1) is 0 Å². The highest BCUT2D eigenvalue weighted by molar-refractivity contribution is 5.29. The summed E-state index contributed by atoms with van der Waals surface area (Å²) in [6.45, 7) is 9.54. The molecule has 3 rings (SSSR count). The molecule has 2 aliphatic rings. The summed E-state index contributed by atoms with van der Waals surface area (Å²) in [7, 11) is 2.22. The standard InChI is InChI=1S/C18H29N3/c1-18(9-3-10-19-18)17-6-4-16(5-7-17)8-11-21-14-12-20(2)13-15-21/h4-7,19H,3,8-15H2,1-2H3. The van der Waals surface area contributed by atoms with Crippen molar-refractivity contribution in [1.29, 1.82) is 0 Å². The first-order chi connectivity index (χ1) is 10.2. The second kappa shape index (κ2) is 6.47. The fraction of sp³-hybridized carbons (Fsp3) is 0.667. The van der Waals surface area contributed by atoms with Crippen LogP contribution in [0.4, 0.5) is 0 Å². The Morgan fingerprint density at radius 2 is 1.81 bits per heavy atom. The molecule has 0 amide bonds. The first kappa shape index (κ1) is 15.0. The first-order valence-electron chi connectivity index (χ1n) is 8.41. The lowest BCUT2D eigenvalue weighted by Crippen LogP contribution is -2.45. The Labute approximate surface area is 129 Å². The van der Waals surface area contributed by atoms with E-state index in [0.29, 0.717) is 0 Å². The minimum absolute atomic E-state index is 0.204. The van der Waals surface area contributed by atoms with Gasteiger partial charge in [0.15, 0.2) is 0 Å². The molecule has 3 nitrogen and oxygen atoms in total. The van der Waals surface area contributed by atoms with Crippen molar-refractivity contribution < 1.29 is 0 Å². The molecular formula is C18H29N3. The van der Waals surface area contributed by atoms with Gasteiger partial charge in [-0.3, -0.25) is 0 Å². The molecular weight excluding hydrogens is 258 g/mol. The summed E-state index contributed by atoms with van der Waals surface area (Å²) in [4.78, 5) is 5.01. The van der Waals surface area contributed by atoms with E-state index in [1.165, 1.54) is 63.1 Å². The number of hydrogen-bond acceptors (Lipinski definition) is 3. The molecule has 1 unspecified atom stereocenters. The second-order valence-electron chi connectivity index (χ2n) is 6.95. The molecule has 2 aliphatic heterocycles. The topological polar surface area (TPSA) is 18.5 Å². The monoisotopic (exact) mass is 287 g/mol. The maximum Gasteiger partial charge on any atom is 0.0406 e. The molecule has 0 saturated carbocycles. The molecule has 2 fully saturated rings. The largest absolute Gasteiger partial charge is 0.308 e. The van der Waals surface area contributed by atoms with Crippen molar-refractivity contribution in [3.63, 3.8) is 0 Å². The van der Waals surface area contributed by atoms with Gasteiger partial charge < -0.3 is 15.1 Å². The summed E-state index contributed by atoms with van der Waals surface area (Å²) in [5, 5.41) is 3.64. The Morgan fingerprint density at radius 3 is 2.43 bits per heavy atom. The fourth-order valence-corrected chi connectivity index (χ4v) is 3.54. The van der Waals surface area contributed by atoms with Crippen molar-refractivity contribution in [3.8, 4) is 0 Å². The Balaban J connectivity index is 1.52. The number of nitrogens with one attached hydrogen (secondary N) is 1. The van der Waals surface area contributed by atoms with Crippen LogP contribution in [0.1, 0.15) is 30.9 Å². The minimum Gasteiger partial charge on any atom is -0.308 e. The van der Waals surface area contributed by atoms with Gasteiger partial charge in [0.2, 0.25) is 0 Å². The van der Waals surface area contributed by atoms with Crippen LogP contribution in [0.25, 0.3) is 0 Å². The van der Waals surface area contributed by atoms with Crippen molar-refractivity contribution in [2.45, 2.75) is 31.7 Å². The lowest BCUT2D eigenvalue weighted by Gasteiger charge is -2.32. The van der Waals surface area contributed by atoms with E-state index in [1.54, 1.807) is 0 Å². The van der Waals surface area contributed by atoms with E-state index < -0.39 is 0 Å².